The smallest absolute Gasteiger partial charge is 0.410 e. The lowest BCUT2D eigenvalue weighted by molar-refractivity contribution is 0.0202. The quantitative estimate of drug-likeness (QED) is 0.540. The molecule has 1 saturated heterocycles. The summed E-state index contributed by atoms with van der Waals surface area (Å²) >= 11 is 12.5. The number of piperazine rings is 1. The molecule has 1 aromatic carbocycles. The van der Waals surface area contributed by atoms with Crippen LogP contribution in [0.1, 0.15) is 20.8 Å². The van der Waals surface area contributed by atoms with Gasteiger partial charge in [-0.05, 0) is 39.0 Å². The van der Waals surface area contributed by atoms with Gasteiger partial charge in [-0.15, -0.1) is 0 Å². The number of anilines is 1. The molecule has 1 unspecified atom stereocenters. The van der Waals surface area contributed by atoms with Crippen molar-refractivity contribution in [1.82, 2.24) is 14.7 Å². The van der Waals surface area contributed by atoms with Crippen molar-refractivity contribution in [2.24, 2.45) is 0 Å². The third-order valence-corrected chi connectivity index (χ3v) is 6.03. The number of hydrogen-bond acceptors (Lipinski definition) is 8. The van der Waals surface area contributed by atoms with Crippen LogP contribution in [-0.2, 0) is 19.0 Å². The van der Waals surface area contributed by atoms with Gasteiger partial charge in [0.15, 0.2) is 0 Å². The van der Waals surface area contributed by atoms with Gasteiger partial charge >= 0.3 is 6.09 Å². The molecule has 2 heterocycles. The number of amides is 1. The zero-order valence-electron chi connectivity index (χ0n) is 19.2. The molecule has 0 N–H and O–H groups in total. The van der Waals surface area contributed by atoms with Crippen molar-refractivity contribution in [1.29, 1.82) is 0 Å². The van der Waals surface area contributed by atoms with Crippen LogP contribution in [0.5, 0.6) is 0 Å². The van der Waals surface area contributed by atoms with E-state index in [-0.39, 0.29) is 31.3 Å². The van der Waals surface area contributed by atoms with Crippen LogP contribution in [0, 0.1) is 0 Å². The van der Waals surface area contributed by atoms with E-state index in [0.717, 1.165) is 10.9 Å². The molecule has 1 amide bonds. The fraction of sp³-hybridized carbons (Fsp3) is 0.476. The van der Waals surface area contributed by atoms with E-state index in [4.69, 9.17) is 32.1 Å². The summed E-state index contributed by atoms with van der Waals surface area (Å²) in [7, 11) is -3.75. The molecule has 0 aliphatic carbocycles. The Labute approximate surface area is 208 Å². The molecule has 0 bridgehead atoms. The largest absolute Gasteiger partial charge is 0.444 e. The fourth-order valence-electron chi connectivity index (χ4n) is 3.43. The van der Waals surface area contributed by atoms with Gasteiger partial charge in [0.25, 0.3) is 15.7 Å². The molecule has 1 atom stereocenters. The van der Waals surface area contributed by atoms with Gasteiger partial charge in [0, 0.05) is 24.7 Å². The fourth-order valence-corrected chi connectivity index (χ4v) is 4.25. The minimum Gasteiger partial charge on any atom is -0.444 e. The van der Waals surface area contributed by atoms with Crippen LogP contribution >= 0.6 is 23.2 Å². The zero-order chi connectivity index (χ0) is 25.3. The molecule has 0 saturated carbocycles. The van der Waals surface area contributed by atoms with Crippen molar-refractivity contribution in [3.8, 4) is 5.69 Å². The van der Waals surface area contributed by atoms with Gasteiger partial charge in [-0.2, -0.15) is 18.2 Å². The number of nitrogens with zero attached hydrogens (tertiary/aromatic N) is 4. The second kappa shape index (κ2) is 10.1. The molecular weight excluding hydrogens is 507 g/mol. The Kier molecular flexibility index (Phi) is 7.81. The molecule has 0 spiro atoms. The van der Waals surface area contributed by atoms with Crippen molar-refractivity contribution in [2.75, 3.05) is 37.4 Å². The molecule has 186 valence electrons. The standard InChI is InChI=1S/C21H26Cl2N4O6S/c1-21(2,3)33-20(29)25-8-9-26(16(12-25)13-32-34(4,30)31)17-11-24-27(19(28)18(17)23)15-7-5-6-14(22)10-15/h5-7,10-11,16H,8-9,12-13H2,1-4H3. The van der Waals surface area contributed by atoms with E-state index in [0.29, 0.717) is 16.4 Å². The van der Waals surface area contributed by atoms with E-state index in [1.807, 2.05) is 0 Å². The molecule has 1 aromatic heterocycles. The van der Waals surface area contributed by atoms with Crippen molar-refractivity contribution < 1.29 is 22.1 Å². The summed E-state index contributed by atoms with van der Waals surface area (Å²) in [6, 6.07) is 5.97. The predicted molar refractivity (Wildman–Crippen MR) is 130 cm³/mol. The molecule has 0 radical (unpaired) electrons. The molecule has 3 rings (SSSR count). The number of carbonyl (C=O) groups is 1. The summed E-state index contributed by atoms with van der Waals surface area (Å²) in [6.07, 6.45) is 1.82. The first-order valence-electron chi connectivity index (χ1n) is 10.4. The molecule has 13 heteroatoms. The third-order valence-electron chi connectivity index (χ3n) is 4.87. The van der Waals surface area contributed by atoms with E-state index in [1.165, 1.54) is 11.1 Å². The van der Waals surface area contributed by atoms with Gasteiger partial charge in [-0.3, -0.25) is 8.98 Å². The van der Waals surface area contributed by atoms with E-state index < -0.39 is 33.4 Å². The molecule has 1 fully saturated rings. The van der Waals surface area contributed by atoms with Crippen molar-refractivity contribution >= 4 is 45.1 Å². The maximum absolute atomic E-state index is 13.0. The van der Waals surface area contributed by atoms with Crippen molar-refractivity contribution in [3.05, 3.63) is 50.9 Å². The van der Waals surface area contributed by atoms with E-state index in [9.17, 15) is 18.0 Å². The topological polar surface area (TPSA) is 111 Å². The number of ether oxygens (including phenoxy) is 1. The van der Waals surface area contributed by atoms with Gasteiger partial charge in [-0.1, -0.05) is 29.3 Å². The molecule has 1 aliphatic rings. The van der Waals surface area contributed by atoms with Crippen LogP contribution in [0.4, 0.5) is 10.5 Å². The van der Waals surface area contributed by atoms with Crippen molar-refractivity contribution in [2.45, 2.75) is 32.4 Å². The number of benzene rings is 1. The summed E-state index contributed by atoms with van der Waals surface area (Å²) < 4.78 is 34.8. The number of halogens is 2. The second-order valence-electron chi connectivity index (χ2n) is 8.80. The Hall–Kier alpha value is -2.34. The van der Waals surface area contributed by atoms with E-state index in [2.05, 4.69) is 5.10 Å². The average Bonchev–Trinajstić information content (AvgIpc) is 2.72. The lowest BCUT2D eigenvalue weighted by Crippen LogP contribution is -2.57. The van der Waals surface area contributed by atoms with Crippen LogP contribution in [-0.4, -0.2) is 73.3 Å². The SMILES string of the molecule is CC(C)(C)OC(=O)N1CCN(c2cnn(-c3cccc(Cl)c3)c(=O)c2Cl)C(COS(C)(=O)=O)C1. The van der Waals surface area contributed by atoms with Crippen LogP contribution < -0.4 is 10.5 Å². The minimum absolute atomic E-state index is 0.0954. The highest BCUT2D eigenvalue weighted by molar-refractivity contribution is 7.85. The summed E-state index contributed by atoms with van der Waals surface area (Å²) in [4.78, 5) is 28.7. The van der Waals surface area contributed by atoms with Crippen LogP contribution in [0.25, 0.3) is 5.69 Å². The zero-order valence-corrected chi connectivity index (χ0v) is 21.5. The van der Waals surface area contributed by atoms with E-state index in [1.54, 1.807) is 49.9 Å². The Balaban J connectivity index is 1.92. The molecule has 2 aromatic rings. The molecular formula is C21H26Cl2N4O6S. The highest BCUT2D eigenvalue weighted by Gasteiger charge is 2.34. The Morgan fingerprint density at radius 2 is 1.94 bits per heavy atom. The number of hydrogen-bond donors (Lipinski definition) is 0. The summed E-state index contributed by atoms with van der Waals surface area (Å²) in [5, 5.41) is 4.55. The first-order valence-corrected chi connectivity index (χ1v) is 12.9. The van der Waals surface area contributed by atoms with E-state index >= 15 is 0 Å². The minimum atomic E-state index is -3.75. The highest BCUT2D eigenvalue weighted by atomic mass is 35.5. The van der Waals surface area contributed by atoms with Crippen molar-refractivity contribution in [3.63, 3.8) is 0 Å². The summed E-state index contributed by atoms with van der Waals surface area (Å²) in [5.74, 6) is 0. The lowest BCUT2D eigenvalue weighted by atomic mass is 10.1. The van der Waals surface area contributed by atoms with Crippen LogP contribution in [0.3, 0.4) is 0 Å². The molecule has 10 nitrogen and oxygen atoms in total. The van der Waals surface area contributed by atoms with Crippen LogP contribution in [0.2, 0.25) is 10.0 Å². The number of rotatable bonds is 5. The Morgan fingerprint density at radius 3 is 2.56 bits per heavy atom. The molecule has 1 aliphatic heterocycles. The highest BCUT2D eigenvalue weighted by Crippen LogP contribution is 2.27. The number of carbonyl (C=O) groups excluding carboxylic acids is 1. The first-order chi connectivity index (χ1) is 15.7. The lowest BCUT2D eigenvalue weighted by Gasteiger charge is -2.42. The van der Waals surface area contributed by atoms with Crippen LogP contribution in [0.15, 0.2) is 35.3 Å². The number of aromatic nitrogens is 2. The van der Waals surface area contributed by atoms with Gasteiger partial charge < -0.3 is 14.5 Å². The summed E-state index contributed by atoms with van der Waals surface area (Å²) in [5.41, 5.74) is -0.516. The van der Waals surface area contributed by atoms with Gasteiger partial charge in [-0.25, -0.2) is 4.79 Å². The van der Waals surface area contributed by atoms with Gasteiger partial charge in [0.2, 0.25) is 0 Å². The maximum Gasteiger partial charge on any atom is 0.410 e. The second-order valence-corrected chi connectivity index (χ2v) is 11.3. The average molecular weight is 533 g/mol. The predicted octanol–water partition coefficient (Wildman–Crippen LogP) is 2.94. The van der Waals surface area contributed by atoms with Gasteiger partial charge in [0.05, 0.1) is 36.5 Å². The maximum atomic E-state index is 13.0. The summed E-state index contributed by atoms with van der Waals surface area (Å²) in [6.45, 7) is 5.62. The van der Waals surface area contributed by atoms with Gasteiger partial charge in [0.1, 0.15) is 10.6 Å². The Morgan fingerprint density at radius 1 is 1.24 bits per heavy atom. The normalized spacial score (nSPS) is 17.1. The molecule has 34 heavy (non-hydrogen) atoms. The Bertz CT molecular complexity index is 1230. The monoisotopic (exact) mass is 532 g/mol. The third kappa shape index (κ3) is 6.62. The first kappa shape index (κ1) is 26.3.